The average Bonchev–Trinajstić information content (AvgIpc) is 2.44. The SMILES string of the molecule is CCC(C)(C)N1C[N@+](C)(CC)CC1C. The predicted octanol–water partition coefficient (Wildman–Crippen LogP) is 2.30. The van der Waals surface area contributed by atoms with Crippen molar-refractivity contribution in [2.45, 2.75) is 52.6 Å². The second kappa shape index (κ2) is 3.82. The van der Waals surface area contributed by atoms with Crippen LogP contribution in [0.4, 0.5) is 0 Å². The van der Waals surface area contributed by atoms with Gasteiger partial charge in [-0.15, -0.1) is 0 Å². The van der Waals surface area contributed by atoms with Crippen molar-refractivity contribution < 1.29 is 4.48 Å². The van der Waals surface area contributed by atoms with Crippen molar-refractivity contribution in [3.63, 3.8) is 0 Å². The van der Waals surface area contributed by atoms with Crippen LogP contribution in [0.2, 0.25) is 0 Å². The van der Waals surface area contributed by atoms with Crippen LogP contribution in [0.3, 0.4) is 0 Å². The highest BCUT2D eigenvalue weighted by molar-refractivity contribution is 4.85. The number of hydrogen-bond acceptors (Lipinski definition) is 1. The second-order valence-electron chi connectivity index (χ2n) is 5.74. The molecule has 0 N–H and O–H groups in total. The van der Waals surface area contributed by atoms with Crippen molar-refractivity contribution in [3.05, 3.63) is 0 Å². The summed E-state index contributed by atoms with van der Waals surface area (Å²) < 4.78 is 1.21. The zero-order valence-electron chi connectivity index (χ0n) is 10.8. The molecule has 0 aromatic heterocycles. The minimum atomic E-state index is 0.366. The van der Waals surface area contributed by atoms with Crippen molar-refractivity contribution in [2.24, 2.45) is 0 Å². The van der Waals surface area contributed by atoms with Gasteiger partial charge in [0, 0.05) is 5.54 Å². The zero-order valence-corrected chi connectivity index (χ0v) is 10.8. The molecule has 1 fully saturated rings. The maximum Gasteiger partial charge on any atom is 0.135 e. The summed E-state index contributed by atoms with van der Waals surface area (Å²) in [6.45, 7) is 15.5. The molecule has 14 heavy (non-hydrogen) atoms. The minimum absolute atomic E-state index is 0.366. The first-order chi connectivity index (χ1) is 6.34. The van der Waals surface area contributed by atoms with Gasteiger partial charge in [0.25, 0.3) is 0 Å². The third-order valence-electron chi connectivity index (χ3n) is 4.14. The monoisotopic (exact) mass is 199 g/mol. The molecule has 0 radical (unpaired) electrons. The maximum absolute atomic E-state index is 2.68. The highest BCUT2D eigenvalue weighted by atomic mass is 15.5. The summed E-state index contributed by atoms with van der Waals surface area (Å²) in [5.74, 6) is 0. The third kappa shape index (κ3) is 2.12. The molecule has 0 spiro atoms. The molecule has 1 saturated heterocycles. The fourth-order valence-electron chi connectivity index (χ4n) is 2.52. The summed E-state index contributed by atoms with van der Waals surface area (Å²) in [4.78, 5) is 2.68. The lowest BCUT2D eigenvalue weighted by atomic mass is 9.98. The first-order valence-electron chi connectivity index (χ1n) is 5.95. The van der Waals surface area contributed by atoms with Crippen LogP contribution in [0, 0.1) is 0 Å². The van der Waals surface area contributed by atoms with E-state index in [-0.39, 0.29) is 0 Å². The highest BCUT2D eigenvalue weighted by Crippen LogP contribution is 2.29. The van der Waals surface area contributed by atoms with Crippen molar-refractivity contribution in [1.29, 1.82) is 0 Å². The van der Waals surface area contributed by atoms with Crippen molar-refractivity contribution in [1.82, 2.24) is 4.90 Å². The smallest absolute Gasteiger partial charge is 0.135 e. The van der Waals surface area contributed by atoms with Gasteiger partial charge in [0.2, 0.25) is 0 Å². The Labute approximate surface area is 89.5 Å². The van der Waals surface area contributed by atoms with Crippen LogP contribution in [0.25, 0.3) is 0 Å². The molecule has 1 aliphatic heterocycles. The van der Waals surface area contributed by atoms with E-state index in [2.05, 4.69) is 46.6 Å². The van der Waals surface area contributed by atoms with E-state index in [0.717, 1.165) is 6.04 Å². The zero-order chi connectivity index (χ0) is 11.0. The predicted molar refractivity (Wildman–Crippen MR) is 62.1 cm³/mol. The van der Waals surface area contributed by atoms with E-state index < -0.39 is 0 Å². The van der Waals surface area contributed by atoms with E-state index in [1.165, 1.54) is 30.7 Å². The standard InChI is InChI=1S/C12H27N2/c1-7-12(4,5)13-10-14(6,8-2)9-11(13)3/h11H,7-10H2,1-6H3/q+1/t11?,14-/m1/s1. The van der Waals surface area contributed by atoms with Gasteiger partial charge < -0.3 is 4.48 Å². The van der Waals surface area contributed by atoms with E-state index >= 15 is 0 Å². The Hall–Kier alpha value is -0.0800. The van der Waals surface area contributed by atoms with Crippen LogP contribution in [0.15, 0.2) is 0 Å². The van der Waals surface area contributed by atoms with Gasteiger partial charge in [-0.05, 0) is 34.1 Å². The molecule has 1 heterocycles. The van der Waals surface area contributed by atoms with Crippen molar-refractivity contribution in [2.75, 3.05) is 26.8 Å². The molecule has 2 heteroatoms. The van der Waals surface area contributed by atoms with E-state index in [1.807, 2.05) is 0 Å². The summed E-state index contributed by atoms with van der Waals surface area (Å²) >= 11 is 0. The van der Waals surface area contributed by atoms with Crippen LogP contribution < -0.4 is 0 Å². The topological polar surface area (TPSA) is 3.24 Å². The van der Waals surface area contributed by atoms with E-state index in [0.29, 0.717) is 5.54 Å². The molecule has 0 amide bonds. The van der Waals surface area contributed by atoms with Crippen LogP contribution in [-0.4, -0.2) is 47.8 Å². The van der Waals surface area contributed by atoms with Crippen LogP contribution in [0.5, 0.6) is 0 Å². The Kier molecular flexibility index (Phi) is 3.27. The molecule has 0 aliphatic carbocycles. The molecule has 1 unspecified atom stereocenters. The largest absolute Gasteiger partial charge is 0.312 e. The van der Waals surface area contributed by atoms with Gasteiger partial charge in [-0.2, -0.15) is 0 Å². The Morgan fingerprint density at radius 1 is 1.36 bits per heavy atom. The first kappa shape index (κ1) is 12.0. The molecule has 1 aliphatic rings. The van der Waals surface area contributed by atoms with Gasteiger partial charge >= 0.3 is 0 Å². The lowest BCUT2D eigenvalue weighted by Crippen LogP contribution is -2.48. The Morgan fingerprint density at radius 3 is 2.29 bits per heavy atom. The minimum Gasteiger partial charge on any atom is -0.312 e. The quantitative estimate of drug-likeness (QED) is 0.630. The number of rotatable bonds is 3. The van der Waals surface area contributed by atoms with Crippen molar-refractivity contribution in [3.8, 4) is 0 Å². The normalized spacial score (nSPS) is 35.1. The number of nitrogens with zero attached hydrogens (tertiary/aromatic N) is 2. The summed E-state index contributed by atoms with van der Waals surface area (Å²) in [5, 5.41) is 0. The van der Waals surface area contributed by atoms with Gasteiger partial charge in [0.1, 0.15) is 6.67 Å². The Bertz CT molecular complexity index is 200. The van der Waals surface area contributed by atoms with E-state index in [9.17, 15) is 0 Å². The van der Waals surface area contributed by atoms with E-state index in [1.54, 1.807) is 0 Å². The summed E-state index contributed by atoms with van der Waals surface area (Å²) in [6, 6.07) is 0.731. The molecular weight excluding hydrogens is 172 g/mol. The van der Waals surface area contributed by atoms with Gasteiger partial charge in [-0.1, -0.05) is 6.92 Å². The number of likely N-dealkylation sites (N-methyl/N-ethyl adjacent to an activating group) is 1. The first-order valence-corrected chi connectivity index (χ1v) is 5.95. The number of quaternary nitrogens is 1. The molecule has 0 aromatic carbocycles. The second-order valence-corrected chi connectivity index (χ2v) is 5.74. The fourth-order valence-corrected chi connectivity index (χ4v) is 2.52. The molecule has 0 aromatic rings. The Balaban J connectivity index is 2.75. The highest BCUT2D eigenvalue weighted by Gasteiger charge is 2.43. The summed E-state index contributed by atoms with van der Waals surface area (Å²) in [7, 11) is 2.38. The molecule has 0 bridgehead atoms. The van der Waals surface area contributed by atoms with Crippen LogP contribution >= 0.6 is 0 Å². The molecule has 2 atom stereocenters. The van der Waals surface area contributed by atoms with Gasteiger partial charge in [0.15, 0.2) is 0 Å². The van der Waals surface area contributed by atoms with Gasteiger partial charge in [-0.25, -0.2) is 4.90 Å². The van der Waals surface area contributed by atoms with E-state index in [4.69, 9.17) is 0 Å². The van der Waals surface area contributed by atoms with Gasteiger partial charge in [0.05, 0.1) is 26.2 Å². The maximum atomic E-state index is 2.68. The summed E-state index contributed by atoms with van der Waals surface area (Å²) in [5.41, 5.74) is 0.366. The van der Waals surface area contributed by atoms with Crippen LogP contribution in [-0.2, 0) is 0 Å². The lowest BCUT2D eigenvalue weighted by molar-refractivity contribution is -0.901. The molecule has 2 nitrogen and oxygen atoms in total. The molecule has 0 saturated carbocycles. The molecule has 84 valence electrons. The average molecular weight is 199 g/mol. The lowest BCUT2D eigenvalue weighted by Gasteiger charge is -2.36. The van der Waals surface area contributed by atoms with Crippen LogP contribution in [0.1, 0.15) is 41.0 Å². The fraction of sp³-hybridized carbons (Fsp3) is 1.00. The number of hydrogen-bond donors (Lipinski definition) is 0. The Morgan fingerprint density at radius 2 is 1.93 bits per heavy atom. The molecule has 1 rings (SSSR count). The van der Waals surface area contributed by atoms with Gasteiger partial charge in [-0.3, -0.25) is 0 Å². The summed E-state index contributed by atoms with van der Waals surface area (Å²) in [6.07, 6.45) is 1.24. The third-order valence-corrected chi connectivity index (χ3v) is 4.14. The molecular formula is C12H27N2+. The van der Waals surface area contributed by atoms with Crippen molar-refractivity contribution >= 4 is 0 Å².